The lowest BCUT2D eigenvalue weighted by Gasteiger charge is -2.38. The van der Waals surface area contributed by atoms with Crippen LogP contribution in [0.2, 0.25) is 5.02 Å². The van der Waals surface area contributed by atoms with E-state index in [2.05, 4.69) is 4.99 Å². The summed E-state index contributed by atoms with van der Waals surface area (Å²) in [4.78, 5) is 14.3. The Morgan fingerprint density at radius 3 is 2.75 bits per heavy atom. The highest BCUT2D eigenvalue weighted by Crippen LogP contribution is 2.47. The van der Waals surface area contributed by atoms with Crippen molar-refractivity contribution in [2.45, 2.75) is 31.5 Å². The smallest absolute Gasteiger partial charge is 0.235 e. The number of carbonyl (C=O) groups excluding carboxylic acids is 1. The molecule has 0 aliphatic heterocycles. The molecule has 0 aromatic heterocycles. The highest BCUT2D eigenvalue weighted by atomic mass is 35.5. The summed E-state index contributed by atoms with van der Waals surface area (Å²) in [5.74, 6) is 0. The summed E-state index contributed by atoms with van der Waals surface area (Å²) in [6.07, 6.45) is 4.10. The predicted octanol–water partition coefficient (Wildman–Crippen LogP) is 3.52. The number of nitrogens with zero attached hydrogens (tertiary/aromatic N) is 1. The number of hydrogen-bond donors (Lipinski definition) is 0. The van der Waals surface area contributed by atoms with Crippen LogP contribution in [-0.4, -0.2) is 6.08 Å². The fourth-order valence-corrected chi connectivity index (χ4v) is 2.40. The number of hydrogen-bond acceptors (Lipinski definition) is 2. The Bertz CT molecular complexity index is 450. The summed E-state index contributed by atoms with van der Waals surface area (Å²) in [6.45, 7) is -0.634. The molecular weight excluding hydrogens is 229 g/mol. The zero-order chi connectivity index (χ0) is 11.6. The number of aliphatic imine (C=N–C) groups is 1. The molecule has 1 aliphatic rings. The van der Waals surface area contributed by atoms with Crippen molar-refractivity contribution in [3.05, 3.63) is 34.3 Å². The van der Waals surface area contributed by atoms with Crippen molar-refractivity contribution in [2.24, 2.45) is 4.99 Å². The SMILES string of the molecule is O=C=NC1(c2cccc(Cl)c2CF)CCC1. The average molecular weight is 240 g/mol. The van der Waals surface area contributed by atoms with Gasteiger partial charge in [-0.25, -0.2) is 9.18 Å². The first kappa shape index (κ1) is 11.3. The van der Waals surface area contributed by atoms with E-state index in [4.69, 9.17) is 11.6 Å². The zero-order valence-corrected chi connectivity index (χ0v) is 9.43. The first-order valence-corrected chi connectivity index (χ1v) is 5.54. The molecule has 0 atom stereocenters. The molecule has 2 rings (SSSR count). The van der Waals surface area contributed by atoms with Gasteiger partial charge in [-0.2, -0.15) is 4.99 Å². The Labute approximate surface area is 98.1 Å². The molecule has 4 heteroatoms. The Morgan fingerprint density at radius 2 is 2.25 bits per heavy atom. The van der Waals surface area contributed by atoms with Crippen molar-refractivity contribution in [1.29, 1.82) is 0 Å². The number of alkyl halides is 1. The van der Waals surface area contributed by atoms with Crippen LogP contribution in [0.1, 0.15) is 30.4 Å². The third kappa shape index (κ3) is 1.66. The summed E-state index contributed by atoms with van der Waals surface area (Å²) in [5, 5.41) is 0.396. The second-order valence-corrected chi connectivity index (χ2v) is 4.40. The summed E-state index contributed by atoms with van der Waals surface area (Å²) in [6, 6.07) is 5.20. The van der Waals surface area contributed by atoms with E-state index in [1.807, 2.05) is 0 Å². The summed E-state index contributed by atoms with van der Waals surface area (Å²) in [5.41, 5.74) is 0.605. The fourth-order valence-electron chi connectivity index (χ4n) is 2.17. The van der Waals surface area contributed by atoms with E-state index in [0.717, 1.165) is 24.8 Å². The van der Waals surface area contributed by atoms with E-state index in [0.29, 0.717) is 10.6 Å². The van der Waals surface area contributed by atoms with Gasteiger partial charge in [-0.3, -0.25) is 0 Å². The van der Waals surface area contributed by atoms with Gasteiger partial charge in [0, 0.05) is 10.6 Å². The Balaban J connectivity index is 2.54. The van der Waals surface area contributed by atoms with Gasteiger partial charge in [0.25, 0.3) is 0 Å². The molecule has 0 N–H and O–H groups in total. The predicted molar refractivity (Wildman–Crippen MR) is 59.9 cm³/mol. The normalized spacial score (nSPS) is 17.4. The maximum atomic E-state index is 13.0. The molecule has 1 aromatic rings. The monoisotopic (exact) mass is 239 g/mol. The molecule has 0 spiro atoms. The minimum absolute atomic E-state index is 0.396. The van der Waals surface area contributed by atoms with Crippen molar-refractivity contribution in [2.75, 3.05) is 0 Å². The van der Waals surface area contributed by atoms with Gasteiger partial charge >= 0.3 is 0 Å². The minimum Gasteiger partial charge on any atom is -0.246 e. The van der Waals surface area contributed by atoms with Gasteiger partial charge < -0.3 is 0 Å². The first-order valence-electron chi connectivity index (χ1n) is 5.16. The van der Waals surface area contributed by atoms with Gasteiger partial charge in [0.1, 0.15) is 6.67 Å². The largest absolute Gasteiger partial charge is 0.246 e. The molecule has 0 unspecified atom stereocenters. The lowest BCUT2D eigenvalue weighted by Crippen LogP contribution is -2.33. The van der Waals surface area contributed by atoms with Crippen LogP contribution < -0.4 is 0 Å². The van der Waals surface area contributed by atoms with Crippen LogP contribution in [0.5, 0.6) is 0 Å². The zero-order valence-electron chi connectivity index (χ0n) is 8.67. The van der Waals surface area contributed by atoms with Crippen LogP contribution in [0.3, 0.4) is 0 Å². The Hall–Kier alpha value is -1.18. The molecular formula is C12H11ClFNO. The van der Waals surface area contributed by atoms with E-state index in [1.165, 1.54) is 0 Å². The van der Waals surface area contributed by atoms with Crippen LogP contribution in [0.25, 0.3) is 0 Å². The van der Waals surface area contributed by atoms with E-state index in [1.54, 1.807) is 24.3 Å². The molecule has 0 bridgehead atoms. The average Bonchev–Trinajstić information content (AvgIpc) is 2.23. The molecule has 1 fully saturated rings. The summed E-state index contributed by atoms with van der Waals surface area (Å²) in [7, 11) is 0. The molecule has 1 aliphatic carbocycles. The minimum atomic E-state index is -0.634. The number of rotatable bonds is 3. The van der Waals surface area contributed by atoms with E-state index < -0.39 is 12.2 Å². The molecule has 1 saturated carbocycles. The van der Waals surface area contributed by atoms with Crippen molar-refractivity contribution < 1.29 is 9.18 Å². The molecule has 16 heavy (non-hydrogen) atoms. The van der Waals surface area contributed by atoms with Gasteiger partial charge in [-0.05, 0) is 30.9 Å². The van der Waals surface area contributed by atoms with Crippen LogP contribution in [0.4, 0.5) is 4.39 Å². The molecule has 0 amide bonds. The van der Waals surface area contributed by atoms with Crippen LogP contribution in [0.15, 0.2) is 23.2 Å². The van der Waals surface area contributed by atoms with Gasteiger partial charge in [0.05, 0.1) is 5.54 Å². The van der Waals surface area contributed by atoms with Crippen molar-refractivity contribution >= 4 is 17.7 Å². The molecule has 0 radical (unpaired) electrons. The van der Waals surface area contributed by atoms with Gasteiger partial charge in [-0.15, -0.1) is 0 Å². The third-order valence-electron chi connectivity index (χ3n) is 3.19. The Kier molecular flexibility index (Phi) is 3.08. The van der Waals surface area contributed by atoms with Crippen molar-refractivity contribution in [3.8, 4) is 0 Å². The fraction of sp³-hybridized carbons (Fsp3) is 0.417. The third-order valence-corrected chi connectivity index (χ3v) is 3.55. The van der Waals surface area contributed by atoms with E-state index in [-0.39, 0.29) is 0 Å². The number of halogens is 2. The highest BCUT2D eigenvalue weighted by molar-refractivity contribution is 6.31. The maximum Gasteiger partial charge on any atom is 0.235 e. The molecule has 84 valence electrons. The quantitative estimate of drug-likeness (QED) is 0.586. The van der Waals surface area contributed by atoms with Gasteiger partial charge in [-0.1, -0.05) is 23.7 Å². The lowest BCUT2D eigenvalue weighted by molar-refractivity contribution is 0.252. The topological polar surface area (TPSA) is 29.4 Å². The van der Waals surface area contributed by atoms with Gasteiger partial charge in [0.2, 0.25) is 6.08 Å². The van der Waals surface area contributed by atoms with E-state index >= 15 is 0 Å². The van der Waals surface area contributed by atoms with Crippen molar-refractivity contribution in [3.63, 3.8) is 0 Å². The lowest BCUT2D eigenvalue weighted by atomic mass is 9.71. The molecule has 2 nitrogen and oxygen atoms in total. The first-order chi connectivity index (χ1) is 7.73. The highest BCUT2D eigenvalue weighted by Gasteiger charge is 2.40. The molecule has 0 saturated heterocycles. The number of benzene rings is 1. The Morgan fingerprint density at radius 1 is 1.50 bits per heavy atom. The van der Waals surface area contributed by atoms with Crippen LogP contribution in [-0.2, 0) is 17.0 Å². The van der Waals surface area contributed by atoms with E-state index in [9.17, 15) is 9.18 Å². The summed E-state index contributed by atoms with van der Waals surface area (Å²) >= 11 is 5.94. The van der Waals surface area contributed by atoms with Crippen molar-refractivity contribution in [1.82, 2.24) is 0 Å². The maximum absolute atomic E-state index is 13.0. The second kappa shape index (κ2) is 4.36. The molecule has 0 heterocycles. The van der Waals surface area contributed by atoms with Crippen LogP contribution in [0, 0.1) is 0 Å². The summed E-state index contributed by atoms with van der Waals surface area (Å²) < 4.78 is 13.0. The second-order valence-electron chi connectivity index (χ2n) is 3.99. The standard InChI is InChI=1S/C12H11ClFNO/c13-11-4-1-3-10(9(11)7-14)12(15-8-16)5-2-6-12/h1,3-4H,2,5-7H2. The molecule has 1 aromatic carbocycles. The number of isocyanates is 1. The van der Waals surface area contributed by atoms with Gasteiger partial charge in [0.15, 0.2) is 0 Å². The van der Waals surface area contributed by atoms with Crippen LogP contribution >= 0.6 is 11.6 Å².